The average Bonchev–Trinajstić information content (AvgIpc) is 1.62. The summed E-state index contributed by atoms with van der Waals surface area (Å²) in [7, 11) is 3.97. The minimum absolute atomic E-state index is 0.441. The maximum Gasteiger partial charge on any atom is 0.118 e. The first-order valence-corrected chi connectivity index (χ1v) is 3.23. The summed E-state index contributed by atoms with van der Waals surface area (Å²) < 4.78 is 0. The highest BCUT2D eigenvalue weighted by Gasteiger charge is 2.23. The van der Waals surface area contributed by atoms with Crippen LogP contribution in [0.1, 0.15) is 0 Å². The molecule has 3 unspecified atom stereocenters. The molecule has 8 heavy (non-hydrogen) atoms. The van der Waals surface area contributed by atoms with Crippen molar-refractivity contribution < 1.29 is 15.3 Å². The molecule has 0 saturated carbocycles. The largest absolute Gasteiger partial charge is 0.394 e. The Kier molecular flexibility index (Phi) is 3.33. The molecule has 0 aliphatic rings. The SMILES string of the molecule is OCC(O)C(O)(P)P. The molecule has 0 spiro atoms. The van der Waals surface area contributed by atoms with E-state index < -0.39 is 17.8 Å². The van der Waals surface area contributed by atoms with Crippen molar-refractivity contribution in [3.63, 3.8) is 0 Å². The van der Waals surface area contributed by atoms with Gasteiger partial charge in [0, 0.05) is 0 Å². The van der Waals surface area contributed by atoms with Crippen LogP contribution in [0.2, 0.25) is 0 Å². The summed E-state index contributed by atoms with van der Waals surface area (Å²) in [4.78, 5) is 0. The molecule has 0 saturated heterocycles. The lowest BCUT2D eigenvalue weighted by atomic mass is 10.4. The normalized spacial score (nSPS) is 16.1. The van der Waals surface area contributed by atoms with Crippen molar-refractivity contribution in [1.29, 1.82) is 0 Å². The van der Waals surface area contributed by atoms with Gasteiger partial charge >= 0.3 is 0 Å². The van der Waals surface area contributed by atoms with Gasteiger partial charge in [-0.3, -0.25) is 0 Å². The Labute approximate surface area is 52.5 Å². The molecule has 3 atom stereocenters. The van der Waals surface area contributed by atoms with E-state index in [9.17, 15) is 0 Å². The summed E-state index contributed by atoms with van der Waals surface area (Å²) in [5, 5.41) is 24.3. The summed E-state index contributed by atoms with van der Waals surface area (Å²) in [6, 6.07) is 0. The van der Waals surface area contributed by atoms with Crippen molar-refractivity contribution in [2.24, 2.45) is 0 Å². The topological polar surface area (TPSA) is 60.7 Å². The fourth-order valence-electron chi connectivity index (χ4n) is 0.146. The molecule has 50 valence electrons. The van der Waals surface area contributed by atoms with Gasteiger partial charge in [0.1, 0.15) is 11.2 Å². The lowest BCUT2D eigenvalue weighted by Crippen LogP contribution is -2.32. The van der Waals surface area contributed by atoms with Crippen LogP contribution >= 0.6 is 18.5 Å². The molecule has 0 radical (unpaired) electrons. The van der Waals surface area contributed by atoms with Gasteiger partial charge in [0.2, 0.25) is 0 Å². The van der Waals surface area contributed by atoms with Crippen LogP contribution < -0.4 is 0 Å². The van der Waals surface area contributed by atoms with Crippen molar-refractivity contribution in [2.75, 3.05) is 6.61 Å². The minimum Gasteiger partial charge on any atom is -0.394 e. The van der Waals surface area contributed by atoms with Gasteiger partial charge in [-0.25, -0.2) is 0 Å². The van der Waals surface area contributed by atoms with E-state index in [4.69, 9.17) is 15.3 Å². The minimum atomic E-state index is -1.35. The number of aliphatic hydroxyl groups is 3. The Balaban J connectivity index is 3.62. The van der Waals surface area contributed by atoms with Crippen molar-refractivity contribution in [1.82, 2.24) is 0 Å². The summed E-state index contributed by atoms with van der Waals surface area (Å²) in [5.74, 6) is 0. The van der Waals surface area contributed by atoms with E-state index in [1.165, 1.54) is 0 Å². The highest BCUT2D eigenvalue weighted by molar-refractivity contribution is 7.39. The van der Waals surface area contributed by atoms with E-state index in [0.29, 0.717) is 0 Å². The standard InChI is InChI=1S/C3H10O3P2/c4-1-2(5)3(6,7)8/h2,4-6H,1,7-8H2. The van der Waals surface area contributed by atoms with Gasteiger partial charge in [0.25, 0.3) is 0 Å². The zero-order chi connectivity index (χ0) is 6.78. The van der Waals surface area contributed by atoms with Gasteiger partial charge in [0.15, 0.2) is 0 Å². The van der Waals surface area contributed by atoms with Crippen molar-refractivity contribution in [2.45, 2.75) is 11.2 Å². The fraction of sp³-hybridized carbons (Fsp3) is 1.00. The van der Waals surface area contributed by atoms with Crippen LogP contribution in [-0.4, -0.2) is 33.1 Å². The van der Waals surface area contributed by atoms with Crippen LogP contribution in [0, 0.1) is 0 Å². The third-order valence-electron chi connectivity index (χ3n) is 0.707. The third kappa shape index (κ3) is 2.91. The molecule has 0 amide bonds. The molecule has 0 aromatic carbocycles. The number of aliphatic hydroxyl groups excluding tert-OH is 2. The molecule has 5 heteroatoms. The van der Waals surface area contributed by atoms with Gasteiger partial charge in [-0.15, -0.1) is 0 Å². The second-order valence-electron chi connectivity index (χ2n) is 1.59. The molecule has 0 aliphatic heterocycles. The molecule has 3 N–H and O–H groups in total. The Morgan fingerprint density at radius 2 is 1.88 bits per heavy atom. The first kappa shape index (κ1) is 8.74. The lowest BCUT2D eigenvalue weighted by molar-refractivity contribution is 0.0107. The summed E-state index contributed by atoms with van der Waals surface area (Å²) in [6.07, 6.45) is -1.11. The highest BCUT2D eigenvalue weighted by Crippen LogP contribution is 2.26. The van der Waals surface area contributed by atoms with Crippen LogP contribution in [0.25, 0.3) is 0 Å². The summed E-state index contributed by atoms with van der Waals surface area (Å²) >= 11 is 0. The Bertz CT molecular complexity index is 69.4. The van der Waals surface area contributed by atoms with Crippen LogP contribution in [0.4, 0.5) is 0 Å². The second-order valence-corrected chi connectivity index (χ2v) is 4.10. The lowest BCUT2D eigenvalue weighted by Gasteiger charge is -2.21. The summed E-state index contributed by atoms with van der Waals surface area (Å²) in [6.45, 7) is -0.441. The zero-order valence-corrected chi connectivity index (χ0v) is 6.59. The van der Waals surface area contributed by atoms with Gasteiger partial charge in [-0.2, -0.15) is 0 Å². The van der Waals surface area contributed by atoms with E-state index in [1.807, 2.05) is 18.5 Å². The molecule has 0 fully saturated rings. The highest BCUT2D eigenvalue weighted by atomic mass is 31.1. The molecule has 0 heterocycles. The molecule has 0 aliphatic carbocycles. The van der Waals surface area contributed by atoms with Gasteiger partial charge in [0.05, 0.1) is 6.61 Å². The Hall–Kier alpha value is 0.740. The first-order chi connectivity index (χ1) is 3.48. The van der Waals surface area contributed by atoms with Crippen LogP contribution in [0.15, 0.2) is 0 Å². The third-order valence-corrected chi connectivity index (χ3v) is 1.48. The molecular weight excluding hydrogens is 146 g/mol. The van der Waals surface area contributed by atoms with Crippen molar-refractivity contribution in [3.8, 4) is 0 Å². The molecular formula is C3H10O3P2. The van der Waals surface area contributed by atoms with Crippen LogP contribution in [0.5, 0.6) is 0 Å². The second kappa shape index (κ2) is 3.05. The predicted molar refractivity (Wildman–Crippen MR) is 37.5 cm³/mol. The van der Waals surface area contributed by atoms with Crippen molar-refractivity contribution >= 4 is 18.5 Å². The maximum atomic E-state index is 8.80. The Morgan fingerprint density at radius 3 is 1.88 bits per heavy atom. The quantitative estimate of drug-likeness (QED) is 0.437. The maximum absolute atomic E-state index is 8.80. The first-order valence-electron chi connectivity index (χ1n) is 2.07. The summed E-state index contributed by atoms with van der Waals surface area (Å²) in [5.41, 5.74) is 0. The molecule has 0 aromatic heterocycles. The van der Waals surface area contributed by atoms with E-state index in [0.717, 1.165) is 0 Å². The fourth-order valence-corrected chi connectivity index (χ4v) is 0.357. The number of hydrogen-bond acceptors (Lipinski definition) is 3. The van der Waals surface area contributed by atoms with Gasteiger partial charge < -0.3 is 15.3 Å². The van der Waals surface area contributed by atoms with Gasteiger partial charge in [-0.1, -0.05) is 18.5 Å². The van der Waals surface area contributed by atoms with E-state index in [1.54, 1.807) is 0 Å². The Morgan fingerprint density at radius 1 is 1.50 bits per heavy atom. The molecule has 0 bridgehead atoms. The molecule has 0 aromatic rings. The molecule has 3 nitrogen and oxygen atoms in total. The molecule has 0 rings (SSSR count). The smallest absolute Gasteiger partial charge is 0.118 e. The average molecular weight is 156 g/mol. The van der Waals surface area contributed by atoms with E-state index in [-0.39, 0.29) is 0 Å². The zero-order valence-electron chi connectivity index (χ0n) is 4.28. The van der Waals surface area contributed by atoms with Gasteiger partial charge in [-0.05, 0) is 0 Å². The number of rotatable bonds is 2. The van der Waals surface area contributed by atoms with E-state index in [2.05, 4.69) is 0 Å². The monoisotopic (exact) mass is 156 g/mol. The van der Waals surface area contributed by atoms with Crippen LogP contribution in [-0.2, 0) is 0 Å². The van der Waals surface area contributed by atoms with Crippen molar-refractivity contribution in [3.05, 3.63) is 0 Å². The predicted octanol–water partition coefficient (Wildman–Crippen LogP) is -1.26. The van der Waals surface area contributed by atoms with Crippen LogP contribution in [0.3, 0.4) is 0 Å². The van der Waals surface area contributed by atoms with E-state index >= 15 is 0 Å². The number of hydrogen-bond donors (Lipinski definition) is 3.